The van der Waals surface area contributed by atoms with Crippen molar-refractivity contribution in [1.82, 2.24) is 15.1 Å². The van der Waals surface area contributed by atoms with Crippen molar-refractivity contribution in [1.29, 1.82) is 0 Å². The molecule has 0 radical (unpaired) electrons. The molecule has 126 valence electrons. The molecule has 0 unspecified atom stereocenters. The van der Waals surface area contributed by atoms with Gasteiger partial charge in [0.25, 0.3) is 0 Å². The number of rotatable bonds is 5. The van der Waals surface area contributed by atoms with Crippen LogP contribution in [-0.2, 0) is 9.59 Å². The third-order valence-corrected chi connectivity index (χ3v) is 4.97. The minimum absolute atomic E-state index is 0.104. The lowest BCUT2D eigenvalue weighted by atomic mass is 9.80. The maximum Gasteiger partial charge on any atom is 0.225 e. The highest BCUT2D eigenvalue weighted by atomic mass is 16.2. The van der Waals surface area contributed by atoms with Crippen molar-refractivity contribution in [3.8, 4) is 0 Å². The van der Waals surface area contributed by atoms with Gasteiger partial charge in [0.15, 0.2) is 0 Å². The van der Waals surface area contributed by atoms with E-state index in [4.69, 9.17) is 0 Å². The molecule has 1 N–H and O–H groups in total. The molecule has 2 rings (SSSR count). The average Bonchev–Trinajstić information content (AvgIpc) is 2.54. The SMILES string of the molecule is CN(C)CCNC(=O)C1CCC(C(=O)N2CCCCC2)CC1. The molecule has 0 atom stereocenters. The molecule has 0 aromatic carbocycles. The number of nitrogens with zero attached hydrogens (tertiary/aromatic N) is 2. The number of nitrogens with one attached hydrogen (secondary N) is 1. The molecule has 0 aromatic rings. The Balaban J connectivity index is 1.70. The first-order valence-electron chi connectivity index (χ1n) is 8.79. The summed E-state index contributed by atoms with van der Waals surface area (Å²) < 4.78 is 0. The second-order valence-corrected chi connectivity index (χ2v) is 7.03. The van der Waals surface area contributed by atoms with Crippen LogP contribution in [0, 0.1) is 11.8 Å². The number of carbonyl (C=O) groups is 2. The lowest BCUT2D eigenvalue weighted by Crippen LogP contribution is -2.42. The monoisotopic (exact) mass is 309 g/mol. The third kappa shape index (κ3) is 4.97. The Bertz CT molecular complexity index is 370. The summed E-state index contributed by atoms with van der Waals surface area (Å²) in [6.07, 6.45) is 7.02. The topological polar surface area (TPSA) is 52.7 Å². The summed E-state index contributed by atoms with van der Waals surface area (Å²) in [5, 5.41) is 3.02. The highest BCUT2D eigenvalue weighted by Crippen LogP contribution is 2.30. The first kappa shape index (κ1) is 17.3. The first-order chi connectivity index (χ1) is 10.6. The Morgan fingerprint density at radius 3 is 2.18 bits per heavy atom. The van der Waals surface area contributed by atoms with E-state index in [1.54, 1.807) is 0 Å². The van der Waals surface area contributed by atoms with Crippen molar-refractivity contribution in [2.75, 3.05) is 40.3 Å². The molecule has 1 aliphatic heterocycles. The predicted molar refractivity (Wildman–Crippen MR) is 87.4 cm³/mol. The Kier molecular flexibility index (Phi) is 6.68. The zero-order valence-electron chi connectivity index (χ0n) is 14.1. The lowest BCUT2D eigenvalue weighted by molar-refractivity contribution is -0.139. The van der Waals surface area contributed by atoms with Crippen molar-refractivity contribution in [2.45, 2.75) is 44.9 Å². The zero-order valence-corrected chi connectivity index (χ0v) is 14.1. The average molecular weight is 309 g/mol. The second-order valence-electron chi connectivity index (χ2n) is 7.03. The van der Waals surface area contributed by atoms with Crippen LogP contribution in [0.3, 0.4) is 0 Å². The van der Waals surface area contributed by atoms with E-state index in [9.17, 15) is 9.59 Å². The van der Waals surface area contributed by atoms with Gasteiger partial charge < -0.3 is 15.1 Å². The summed E-state index contributed by atoms with van der Waals surface area (Å²) in [7, 11) is 4.01. The van der Waals surface area contributed by atoms with Gasteiger partial charge >= 0.3 is 0 Å². The fourth-order valence-corrected chi connectivity index (χ4v) is 3.52. The summed E-state index contributed by atoms with van der Waals surface area (Å²) >= 11 is 0. The Morgan fingerprint density at radius 2 is 1.59 bits per heavy atom. The van der Waals surface area contributed by atoms with E-state index in [0.717, 1.165) is 58.2 Å². The Morgan fingerprint density at radius 1 is 1.00 bits per heavy atom. The smallest absolute Gasteiger partial charge is 0.225 e. The number of amides is 2. The van der Waals surface area contributed by atoms with Crippen LogP contribution in [0.4, 0.5) is 0 Å². The fourth-order valence-electron chi connectivity index (χ4n) is 3.52. The molecular formula is C17H31N3O2. The van der Waals surface area contributed by atoms with Gasteiger partial charge in [-0.25, -0.2) is 0 Å². The summed E-state index contributed by atoms with van der Waals surface area (Å²) in [4.78, 5) is 28.7. The van der Waals surface area contributed by atoms with Gasteiger partial charge in [-0.2, -0.15) is 0 Å². The highest BCUT2D eigenvalue weighted by Gasteiger charge is 2.32. The fraction of sp³-hybridized carbons (Fsp3) is 0.882. The van der Waals surface area contributed by atoms with Crippen molar-refractivity contribution >= 4 is 11.8 Å². The molecule has 0 spiro atoms. The summed E-state index contributed by atoms with van der Waals surface area (Å²) in [5.41, 5.74) is 0. The molecule has 2 amide bonds. The van der Waals surface area contributed by atoms with Crippen molar-refractivity contribution in [3.05, 3.63) is 0 Å². The van der Waals surface area contributed by atoms with E-state index in [-0.39, 0.29) is 17.7 Å². The van der Waals surface area contributed by atoms with Crippen LogP contribution < -0.4 is 5.32 Å². The Labute approximate surface area is 134 Å². The molecule has 5 nitrogen and oxygen atoms in total. The van der Waals surface area contributed by atoms with Gasteiger partial charge in [0.2, 0.25) is 11.8 Å². The maximum atomic E-state index is 12.5. The van der Waals surface area contributed by atoms with E-state index in [1.165, 1.54) is 6.42 Å². The number of carbonyl (C=O) groups excluding carboxylic acids is 2. The van der Waals surface area contributed by atoms with Crippen molar-refractivity contribution in [2.24, 2.45) is 11.8 Å². The normalized spacial score (nSPS) is 26.0. The van der Waals surface area contributed by atoms with Gasteiger partial charge in [0, 0.05) is 38.0 Å². The Hall–Kier alpha value is -1.10. The van der Waals surface area contributed by atoms with E-state index < -0.39 is 0 Å². The van der Waals surface area contributed by atoms with Crippen LogP contribution in [0.15, 0.2) is 0 Å². The van der Waals surface area contributed by atoms with Crippen molar-refractivity contribution < 1.29 is 9.59 Å². The molecule has 2 aliphatic rings. The van der Waals surface area contributed by atoms with Crippen LogP contribution in [-0.4, -0.2) is 61.9 Å². The molecule has 22 heavy (non-hydrogen) atoms. The molecule has 1 heterocycles. The van der Waals surface area contributed by atoms with E-state index in [2.05, 4.69) is 10.2 Å². The molecule has 5 heteroatoms. The van der Waals surface area contributed by atoms with Crippen LogP contribution in [0.2, 0.25) is 0 Å². The van der Waals surface area contributed by atoms with Crippen LogP contribution >= 0.6 is 0 Å². The largest absolute Gasteiger partial charge is 0.355 e. The predicted octanol–water partition coefficient (Wildman–Crippen LogP) is 1.48. The minimum atomic E-state index is 0.104. The van der Waals surface area contributed by atoms with Gasteiger partial charge in [-0.3, -0.25) is 9.59 Å². The quantitative estimate of drug-likeness (QED) is 0.837. The molecule has 0 bridgehead atoms. The maximum absolute atomic E-state index is 12.5. The van der Waals surface area contributed by atoms with Crippen LogP contribution in [0.25, 0.3) is 0 Å². The molecule has 2 fully saturated rings. The molecular weight excluding hydrogens is 278 g/mol. The van der Waals surface area contributed by atoms with Crippen molar-refractivity contribution in [3.63, 3.8) is 0 Å². The molecule has 1 aliphatic carbocycles. The van der Waals surface area contributed by atoms with E-state index >= 15 is 0 Å². The van der Waals surface area contributed by atoms with Crippen LogP contribution in [0.1, 0.15) is 44.9 Å². The highest BCUT2D eigenvalue weighted by molar-refractivity contribution is 5.81. The molecule has 1 saturated heterocycles. The molecule has 0 aromatic heterocycles. The number of likely N-dealkylation sites (tertiary alicyclic amines) is 1. The van der Waals surface area contributed by atoms with Gasteiger partial charge in [-0.1, -0.05) is 0 Å². The number of hydrogen-bond acceptors (Lipinski definition) is 3. The number of piperidine rings is 1. The second kappa shape index (κ2) is 8.51. The van der Waals surface area contributed by atoms with Crippen LogP contribution in [0.5, 0.6) is 0 Å². The van der Waals surface area contributed by atoms with Gasteiger partial charge in [-0.05, 0) is 59.0 Å². The lowest BCUT2D eigenvalue weighted by Gasteiger charge is -2.33. The third-order valence-electron chi connectivity index (χ3n) is 4.97. The summed E-state index contributed by atoms with van der Waals surface area (Å²) in [5.74, 6) is 0.772. The standard InChI is InChI=1S/C17H31N3O2/c1-19(2)13-10-18-16(21)14-6-8-15(9-7-14)17(22)20-11-4-3-5-12-20/h14-15H,3-13H2,1-2H3,(H,18,21). The zero-order chi connectivity index (χ0) is 15.9. The summed E-state index contributed by atoms with van der Waals surface area (Å²) in [6.45, 7) is 3.45. The minimum Gasteiger partial charge on any atom is -0.355 e. The van der Waals surface area contributed by atoms with E-state index in [0.29, 0.717) is 12.5 Å². The van der Waals surface area contributed by atoms with E-state index in [1.807, 2.05) is 19.0 Å². The number of hydrogen-bond donors (Lipinski definition) is 1. The first-order valence-corrected chi connectivity index (χ1v) is 8.79. The van der Waals surface area contributed by atoms with Gasteiger partial charge in [-0.15, -0.1) is 0 Å². The van der Waals surface area contributed by atoms with Gasteiger partial charge in [0.05, 0.1) is 0 Å². The molecule has 1 saturated carbocycles. The van der Waals surface area contributed by atoms with Gasteiger partial charge in [0.1, 0.15) is 0 Å². The summed E-state index contributed by atoms with van der Waals surface area (Å²) in [6, 6.07) is 0. The number of likely N-dealkylation sites (N-methyl/N-ethyl adjacent to an activating group) is 1.